The number of ether oxygens (including phenoxy) is 4. The minimum absolute atomic E-state index is 0.193. The van der Waals surface area contributed by atoms with E-state index in [1.165, 1.54) is 0 Å². The molecule has 3 unspecified atom stereocenters. The van der Waals surface area contributed by atoms with Gasteiger partial charge in [0, 0.05) is 45.8 Å². The Hall–Kier alpha value is -1.67. The summed E-state index contributed by atoms with van der Waals surface area (Å²) in [6.45, 7) is 5.12. The van der Waals surface area contributed by atoms with E-state index in [-0.39, 0.29) is 12.4 Å². The summed E-state index contributed by atoms with van der Waals surface area (Å²) < 4.78 is 21.3. The summed E-state index contributed by atoms with van der Waals surface area (Å²) >= 11 is 6.43. The van der Waals surface area contributed by atoms with Gasteiger partial charge in [-0.15, -0.1) is 0 Å². The second kappa shape index (κ2) is 16.0. The van der Waals surface area contributed by atoms with Gasteiger partial charge in [-0.05, 0) is 55.2 Å². The highest BCUT2D eigenvalue weighted by Crippen LogP contribution is 2.34. The predicted molar refractivity (Wildman–Crippen MR) is 127 cm³/mol. The average molecular weight is 469 g/mol. The summed E-state index contributed by atoms with van der Waals surface area (Å²) in [5, 5.41) is 17.9. The van der Waals surface area contributed by atoms with E-state index in [0.29, 0.717) is 26.1 Å². The molecule has 1 aliphatic heterocycles. The SMILES string of the molecule is CCOc1ccc(Cc2cc(C3CC(O)CC(OCC)O3)ccc2Cl)cc1.CO.COC. The maximum absolute atomic E-state index is 10.2. The lowest BCUT2D eigenvalue weighted by Gasteiger charge is -2.33. The van der Waals surface area contributed by atoms with Crippen LogP contribution in [-0.4, -0.2) is 57.2 Å². The molecule has 6 nitrogen and oxygen atoms in total. The second-order valence-electron chi connectivity index (χ2n) is 7.15. The predicted octanol–water partition coefficient (Wildman–Crippen LogP) is 4.78. The number of halogens is 1. The maximum Gasteiger partial charge on any atom is 0.160 e. The van der Waals surface area contributed by atoms with E-state index in [2.05, 4.69) is 22.9 Å². The van der Waals surface area contributed by atoms with Crippen LogP contribution in [0.4, 0.5) is 0 Å². The van der Waals surface area contributed by atoms with Gasteiger partial charge in [-0.3, -0.25) is 0 Å². The van der Waals surface area contributed by atoms with Crippen LogP contribution in [0.25, 0.3) is 0 Å². The van der Waals surface area contributed by atoms with E-state index in [9.17, 15) is 5.11 Å². The molecule has 1 aliphatic rings. The second-order valence-corrected chi connectivity index (χ2v) is 7.55. The summed E-state index contributed by atoms with van der Waals surface area (Å²) in [7, 11) is 4.25. The van der Waals surface area contributed by atoms with Crippen molar-refractivity contribution in [2.24, 2.45) is 0 Å². The Morgan fingerprint density at radius 3 is 2.25 bits per heavy atom. The van der Waals surface area contributed by atoms with Gasteiger partial charge in [0.1, 0.15) is 5.75 Å². The lowest BCUT2D eigenvalue weighted by molar-refractivity contribution is -0.215. The standard InChI is InChI=1S/C22H27ClO4.C2H6O.CH4O/c1-3-25-19-8-5-15(6-9-19)11-17-12-16(7-10-20(17)23)21-13-18(24)14-22(27-21)26-4-2;1-3-2;1-2/h5-10,12,18,21-22,24H,3-4,11,13-14H2,1-2H3;1-2H3;2H,1H3. The van der Waals surface area contributed by atoms with Gasteiger partial charge in [-0.2, -0.15) is 0 Å². The first kappa shape index (κ1) is 28.4. The monoisotopic (exact) mass is 468 g/mol. The van der Waals surface area contributed by atoms with Crippen LogP contribution in [0.15, 0.2) is 42.5 Å². The smallest absolute Gasteiger partial charge is 0.160 e. The number of hydrogen-bond donors (Lipinski definition) is 2. The zero-order valence-corrected chi connectivity index (χ0v) is 20.5. The first-order chi connectivity index (χ1) is 15.5. The summed E-state index contributed by atoms with van der Waals surface area (Å²) in [6, 6.07) is 14.0. The summed E-state index contributed by atoms with van der Waals surface area (Å²) in [5.74, 6) is 0.868. The Balaban J connectivity index is 0.000000944. The highest BCUT2D eigenvalue weighted by atomic mass is 35.5. The fraction of sp³-hybridized carbons (Fsp3) is 0.520. The molecule has 0 aliphatic carbocycles. The van der Waals surface area contributed by atoms with Crippen molar-refractivity contribution in [3.8, 4) is 5.75 Å². The fourth-order valence-corrected chi connectivity index (χ4v) is 3.57. The van der Waals surface area contributed by atoms with Crippen molar-refractivity contribution in [1.82, 2.24) is 0 Å². The topological polar surface area (TPSA) is 77.4 Å². The van der Waals surface area contributed by atoms with Crippen LogP contribution in [0, 0.1) is 0 Å². The molecule has 0 spiro atoms. The van der Waals surface area contributed by atoms with Gasteiger partial charge in [0.15, 0.2) is 6.29 Å². The summed E-state index contributed by atoms with van der Waals surface area (Å²) in [4.78, 5) is 0. The molecule has 0 bridgehead atoms. The molecule has 7 heteroatoms. The molecule has 1 fully saturated rings. The third-order valence-corrected chi connectivity index (χ3v) is 5.06. The lowest BCUT2D eigenvalue weighted by atomic mass is 9.95. The van der Waals surface area contributed by atoms with E-state index in [0.717, 1.165) is 41.0 Å². The van der Waals surface area contributed by atoms with Crippen LogP contribution in [0.1, 0.15) is 49.5 Å². The van der Waals surface area contributed by atoms with Crippen LogP contribution in [0.5, 0.6) is 5.75 Å². The quantitative estimate of drug-likeness (QED) is 0.609. The third-order valence-electron chi connectivity index (χ3n) is 4.69. The molecule has 3 atom stereocenters. The van der Waals surface area contributed by atoms with Crippen LogP contribution >= 0.6 is 11.6 Å². The molecular weight excluding hydrogens is 432 g/mol. The van der Waals surface area contributed by atoms with Crippen LogP contribution in [0.3, 0.4) is 0 Å². The van der Waals surface area contributed by atoms with Crippen LogP contribution in [-0.2, 0) is 20.6 Å². The zero-order valence-electron chi connectivity index (χ0n) is 19.7. The highest BCUT2D eigenvalue weighted by Gasteiger charge is 2.30. The van der Waals surface area contributed by atoms with Crippen molar-refractivity contribution < 1.29 is 29.2 Å². The Labute approximate surface area is 197 Å². The van der Waals surface area contributed by atoms with Crippen LogP contribution in [0.2, 0.25) is 5.02 Å². The maximum atomic E-state index is 10.2. The first-order valence-electron chi connectivity index (χ1n) is 10.8. The molecule has 0 saturated carbocycles. The Morgan fingerprint density at radius 1 is 1.00 bits per heavy atom. The number of aliphatic hydroxyl groups excluding tert-OH is 2. The van der Waals surface area contributed by atoms with Crippen molar-refractivity contribution in [1.29, 1.82) is 0 Å². The molecule has 1 saturated heterocycles. The van der Waals surface area contributed by atoms with Gasteiger partial charge in [-0.1, -0.05) is 35.9 Å². The van der Waals surface area contributed by atoms with Crippen LogP contribution < -0.4 is 4.74 Å². The molecule has 2 N–H and O–H groups in total. The number of methoxy groups -OCH3 is 1. The molecule has 2 aromatic rings. The van der Waals surface area contributed by atoms with E-state index >= 15 is 0 Å². The van der Waals surface area contributed by atoms with Gasteiger partial charge in [0.05, 0.1) is 18.8 Å². The van der Waals surface area contributed by atoms with Gasteiger partial charge in [0.2, 0.25) is 0 Å². The first-order valence-corrected chi connectivity index (χ1v) is 11.2. The molecule has 1 heterocycles. The summed E-state index contributed by atoms with van der Waals surface area (Å²) in [6.07, 6.45) is 0.814. The Bertz CT molecular complexity index is 753. The Morgan fingerprint density at radius 2 is 1.66 bits per heavy atom. The molecule has 0 aromatic heterocycles. The minimum Gasteiger partial charge on any atom is -0.494 e. The largest absolute Gasteiger partial charge is 0.494 e. The van der Waals surface area contributed by atoms with Crippen molar-refractivity contribution in [2.45, 2.75) is 51.6 Å². The van der Waals surface area contributed by atoms with Gasteiger partial charge in [-0.25, -0.2) is 0 Å². The average Bonchev–Trinajstić information content (AvgIpc) is 2.78. The van der Waals surface area contributed by atoms with E-state index in [4.69, 9.17) is 30.9 Å². The third kappa shape index (κ3) is 9.45. The fourth-order valence-electron chi connectivity index (χ4n) is 3.39. The van der Waals surface area contributed by atoms with Crippen molar-refractivity contribution in [3.05, 3.63) is 64.2 Å². The van der Waals surface area contributed by atoms with Gasteiger partial charge in [0.25, 0.3) is 0 Å². The molecule has 0 amide bonds. The van der Waals surface area contributed by atoms with E-state index < -0.39 is 6.10 Å². The van der Waals surface area contributed by atoms with Crippen molar-refractivity contribution in [3.63, 3.8) is 0 Å². The number of aliphatic hydroxyl groups is 2. The van der Waals surface area contributed by atoms with Gasteiger partial charge >= 0.3 is 0 Å². The number of rotatable bonds is 7. The normalized spacial score (nSPS) is 19.8. The van der Waals surface area contributed by atoms with E-state index in [1.807, 2.05) is 38.1 Å². The van der Waals surface area contributed by atoms with Crippen molar-refractivity contribution >= 4 is 11.6 Å². The molecular formula is C25H37ClO6. The number of hydrogen-bond acceptors (Lipinski definition) is 6. The van der Waals surface area contributed by atoms with Gasteiger partial charge < -0.3 is 29.2 Å². The lowest BCUT2D eigenvalue weighted by Crippen LogP contribution is -2.33. The number of benzene rings is 2. The summed E-state index contributed by atoms with van der Waals surface area (Å²) in [5.41, 5.74) is 3.22. The zero-order chi connectivity index (χ0) is 23.9. The Kier molecular flexibility index (Phi) is 14.2. The highest BCUT2D eigenvalue weighted by molar-refractivity contribution is 6.31. The minimum atomic E-state index is -0.425. The molecule has 2 aromatic carbocycles. The molecule has 180 valence electrons. The molecule has 32 heavy (non-hydrogen) atoms. The molecule has 0 radical (unpaired) electrons. The molecule has 3 rings (SSSR count). The van der Waals surface area contributed by atoms with E-state index in [1.54, 1.807) is 14.2 Å². The van der Waals surface area contributed by atoms with Crippen molar-refractivity contribution in [2.75, 3.05) is 34.5 Å².